The van der Waals surface area contributed by atoms with Gasteiger partial charge in [0.05, 0.1) is 20.3 Å². The first kappa shape index (κ1) is 19.3. The number of hydrogen-bond donors (Lipinski definition) is 3. The molecule has 0 aromatic carbocycles. The smallest absolute Gasteiger partial charge is 0.328 e. The van der Waals surface area contributed by atoms with Crippen LogP contribution in [0.4, 0.5) is 0 Å². The van der Waals surface area contributed by atoms with Crippen molar-refractivity contribution < 1.29 is 23.9 Å². The molecule has 0 aliphatic carbocycles. The van der Waals surface area contributed by atoms with Crippen LogP contribution in [0.5, 0.6) is 0 Å². The average Bonchev–Trinajstić information content (AvgIpc) is 2.49. The fourth-order valence-corrected chi connectivity index (χ4v) is 1.67. The predicted octanol–water partition coefficient (Wildman–Crippen LogP) is -0.946. The number of esters is 2. The van der Waals surface area contributed by atoms with E-state index in [-0.39, 0.29) is 12.8 Å². The maximum absolute atomic E-state index is 11.9. The number of nitrogens with two attached hydrogens (primary N) is 2. The Morgan fingerprint density at radius 2 is 1.76 bits per heavy atom. The molecule has 0 aromatic heterocycles. The zero-order chi connectivity index (χ0) is 16.3. The van der Waals surface area contributed by atoms with Crippen molar-refractivity contribution in [1.29, 1.82) is 0 Å². The molecule has 0 spiro atoms. The third-order valence-corrected chi connectivity index (χ3v) is 2.97. The summed E-state index contributed by atoms with van der Waals surface area (Å²) in [5.74, 6) is -1.54. The summed E-state index contributed by atoms with van der Waals surface area (Å²) in [6, 6.07) is -1.64. The van der Waals surface area contributed by atoms with E-state index in [4.69, 9.17) is 11.5 Å². The molecule has 0 saturated carbocycles. The fraction of sp³-hybridized carbons (Fsp3) is 0.769. The zero-order valence-corrected chi connectivity index (χ0v) is 12.6. The predicted molar refractivity (Wildman–Crippen MR) is 76.1 cm³/mol. The van der Waals surface area contributed by atoms with E-state index >= 15 is 0 Å². The van der Waals surface area contributed by atoms with Crippen LogP contribution in [0, 0.1) is 0 Å². The second-order valence-electron chi connectivity index (χ2n) is 4.59. The summed E-state index contributed by atoms with van der Waals surface area (Å²) in [6.07, 6.45) is 2.09. The van der Waals surface area contributed by atoms with Crippen LogP contribution >= 0.6 is 0 Å². The number of amides is 1. The summed E-state index contributed by atoms with van der Waals surface area (Å²) in [6.45, 7) is 0.540. The van der Waals surface area contributed by atoms with Gasteiger partial charge in [-0.25, -0.2) is 4.79 Å². The molecule has 0 saturated heterocycles. The Hall–Kier alpha value is -1.67. The molecular weight excluding hydrogens is 278 g/mol. The molecule has 8 nitrogen and oxygen atoms in total. The van der Waals surface area contributed by atoms with Gasteiger partial charge in [-0.3, -0.25) is 9.59 Å². The molecule has 0 rings (SSSR count). The highest BCUT2D eigenvalue weighted by Gasteiger charge is 2.25. The van der Waals surface area contributed by atoms with Crippen LogP contribution in [0.1, 0.15) is 32.1 Å². The van der Waals surface area contributed by atoms with Crippen LogP contribution in [0.2, 0.25) is 0 Å². The lowest BCUT2D eigenvalue weighted by molar-refractivity contribution is -0.146. The van der Waals surface area contributed by atoms with Crippen LogP contribution in [-0.4, -0.2) is 50.7 Å². The Morgan fingerprint density at radius 1 is 1.10 bits per heavy atom. The van der Waals surface area contributed by atoms with Crippen LogP contribution in [0.15, 0.2) is 0 Å². The minimum absolute atomic E-state index is 0.00103. The van der Waals surface area contributed by atoms with Gasteiger partial charge in [0.15, 0.2) is 0 Å². The van der Waals surface area contributed by atoms with Crippen molar-refractivity contribution in [2.24, 2.45) is 11.5 Å². The van der Waals surface area contributed by atoms with Gasteiger partial charge in [0.25, 0.3) is 0 Å². The Bertz CT molecular complexity index is 349. The first-order valence-corrected chi connectivity index (χ1v) is 6.86. The molecule has 0 aromatic rings. The number of carbonyl (C=O) groups excluding carboxylic acids is 3. The molecule has 5 N–H and O–H groups in total. The Balaban J connectivity index is 4.40. The second-order valence-corrected chi connectivity index (χ2v) is 4.59. The average molecular weight is 303 g/mol. The first-order valence-electron chi connectivity index (χ1n) is 6.86. The molecule has 8 heteroatoms. The summed E-state index contributed by atoms with van der Waals surface area (Å²) < 4.78 is 9.09. The quantitative estimate of drug-likeness (QED) is 0.350. The van der Waals surface area contributed by atoms with E-state index < -0.39 is 29.9 Å². The van der Waals surface area contributed by atoms with Gasteiger partial charge in [-0.15, -0.1) is 0 Å². The van der Waals surface area contributed by atoms with Gasteiger partial charge in [0, 0.05) is 6.42 Å². The van der Waals surface area contributed by atoms with Gasteiger partial charge < -0.3 is 26.3 Å². The highest BCUT2D eigenvalue weighted by Crippen LogP contribution is 2.04. The van der Waals surface area contributed by atoms with E-state index in [0.29, 0.717) is 13.0 Å². The van der Waals surface area contributed by atoms with Gasteiger partial charge in [0.1, 0.15) is 6.04 Å². The summed E-state index contributed by atoms with van der Waals surface area (Å²) in [7, 11) is 2.46. The lowest BCUT2D eigenvalue weighted by Gasteiger charge is -2.18. The van der Waals surface area contributed by atoms with Gasteiger partial charge in [0.2, 0.25) is 5.91 Å². The Kier molecular flexibility index (Phi) is 10.2. The van der Waals surface area contributed by atoms with Gasteiger partial charge >= 0.3 is 11.9 Å². The maximum atomic E-state index is 11.9. The second kappa shape index (κ2) is 11.0. The standard InChI is InChI=1S/C13H25N3O5/c1-20-11(17)7-6-10(13(19)21-2)16-12(18)9(15)5-3-4-8-14/h9-10H,3-8,14-15H2,1-2H3,(H,16,18)/t9-,10?/m0/s1. The van der Waals surface area contributed by atoms with E-state index in [1.165, 1.54) is 14.2 Å². The largest absolute Gasteiger partial charge is 0.469 e. The molecule has 2 atom stereocenters. The molecule has 21 heavy (non-hydrogen) atoms. The fourth-order valence-electron chi connectivity index (χ4n) is 1.67. The van der Waals surface area contributed by atoms with Crippen LogP contribution < -0.4 is 16.8 Å². The normalized spacial score (nSPS) is 13.1. The van der Waals surface area contributed by atoms with Gasteiger partial charge in [-0.05, 0) is 25.8 Å². The molecule has 1 amide bonds. The molecule has 122 valence electrons. The van der Waals surface area contributed by atoms with E-state index in [9.17, 15) is 14.4 Å². The van der Waals surface area contributed by atoms with Crippen LogP contribution in [0.25, 0.3) is 0 Å². The monoisotopic (exact) mass is 303 g/mol. The van der Waals surface area contributed by atoms with Crippen LogP contribution in [-0.2, 0) is 23.9 Å². The SMILES string of the molecule is COC(=O)CCC(NC(=O)[C@@H](N)CCCCN)C(=O)OC. The summed E-state index contributed by atoms with van der Waals surface area (Å²) in [5.41, 5.74) is 11.1. The molecular formula is C13H25N3O5. The highest BCUT2D eigenvalue weighted by molar-refractivity contribution is 5.87. The minimum Gasteiger partial charge on any atom is -0.469 e. The van der Waals surface area contributed by atoms with E-state index in [0.717, 1.165) is 12.8 Å². The van der Waals surface area contributed by atoms with E-state index in [1.54, 1.807) is 0 Å². The first-order chi connectivity index (χ1) is 9.96. The third-order valence-electron chi connectivity index (χ3n) is 2.97. The molecule has 0 radical (unpaired) electrons. The van der Waals surface area contributed by atoms with Crippen molar-refractivity contribution in [3.63, 3.8) is 0 Å². The summed E-state index contributed by atoms with van der Waals surface area (Å²) >= 11 is 0. The van der Waals surface area contributed by atoms with Crippen molar-refractivity contribution in [2.45, 2.75) is 44.2 Å². The van der Waals surface area contributed by atoms with Crippen molar-refractivity contribution in [3.8, 4) is 0 Å². The molecule has 0 fully saturated rings. The van der Waals surface area contributed by atoms with Crippen molar-refractivity contribution in [3.05, 3.63) is 0 Å². The molecule has 0 heterocycles. The van der Waals surface area contributed by atoms with E-state index in [1.807, 2.05) is 0 Å². The number of hydrogen-bond acceptors (Lipinski definition) is 7. The highest BCUT2D eigenvalue weighted by atomic mass is 16.5. The summed E-state index contributed by atoms with van der Waals surface area (Å²) in [4.78, 5) is 34.6. The maximum Gasteiger partial charge on any atom is 0.328 e. The summed E-state index contributed by atoms with van der Waals surface area (Å²) in [5, 5.41) is 2.50. The number of ether oxygens (including phenoxy) is 2. The Labute approximate surface area is 124 Å². The molecule has 0 bridgehead atoms. The Morgan fingerprint density at radius 3 is 2.29 bits per heavy atom. The van der Waals surface area contributed by atoms with Crippen molar-refractivity contribution in [1.82, 2.24) is 5.32 Å². The number of methoxy groups -OCH3 is 2. The topological polar surface area (TPSA) is 134 Å². The lowest BCUT2D eigenvalue weighted by atomic mass is 10.1. The number of nitrogens with one attached hydrogen (secondary N) is 1. The van der Waals surface area contributed by atoms with E-state index in [2.05, 4.69) is 14.8 Å². The number of unbranched alkanes of at least 4 members (excludes halogenated alkanes) is 1. The number of rotatable bonds is 10. The molecule has 0 aliphatic rings. The van der Waals surface area contributed by atoms with Crippen molar-refractivity contribution >= 4 is 17.8 Å². The van der Waals surface area contributed by atoms with Gasteiger partial charge in [-0.2, -0.15) is 0 Å². The minimum atomic E-state index is -0.915. The van der Waals surface area contributed by atoms with Crippen LogP contribution in [0.3, 0.4) is 0 Å². The zero-order valence-electron chi connectivity index (χ0n) is 12.6. The van der Waals surface area contributed by atoms with Gasteiger partial charge in [-0.1, -0.05) is 6.42 Å². The third kappa shape index (κ3) is 8.26. The lowest BCUT2D eigenvalue weighted by Crippen LogP contribution is -2.49. The number of carbonyl (C=O) groups is 3. The molecule has 1 unspecified atom stereocenters. The van der Waals surface area contributed by atoms with Crippen molar-refractivity contribution in [2.75, 3.05) is 20.8 Å². The molecule has 0 aliphatic heterocycles.